The number of hydrogen-bond acceptors (Lipinski definition) is 3. The van der Waals surface area contributed by atoms with Crippen LogP contribution in [0.15, 0.2) is 17.2 Å². The summed E-state index contributed by atoms with van der Waals surface area (Å²) >= 11 is 0. The van der Waals surface area contributed by atoms with Gasteiger partial charge in [0, 0.05) is 37.1 Å². The van der Waals surface area contributed by atoms with Crippen LogP contribution in [0, 0.1) is 0 Å². The highest BCUT2D eigenvalue weighted by molar-refractivity contribution is 7.89. The predicted octanol–water partition coefficient (Wildman–Crippen LogP) is 2.26. The van der Waals surface area contributed by atoms with E-state index in [0.717, 1.165) is 12.1 Å². The summed E-state index contributed by atoms with van der Waals surface area (Å²) in [6.45, 7) is 11.3. The first-order valence-corrected chi connectivity index (χ1v) is 8.70. The van der Waals surface area contributed by atoms with E-state index < -0.39 is 10.0 Å². The van der Waals surface area contributed by atoms with Crippen LogP contribution in [-0.2, 0) is 16.6 Å². The van der Waals surface area contributed by atoms with Crippen LogP contribution in [-0.4, -0.2) is 25.6 Å². The average molecular weight is 301 g/mol. The van der Waals surface area contributed by atoms with Crippen LogP contribution in [0.25, 0.3) is 0 Å². The standard InChI is InChI=1S/C14H27N3O2S/c1-6-7-16-20(18,19)14-8-13(9-15-11(2)3)17(10-14)12(4)5/h8,10-12,15-16H,6-7,9H2,1-5H3. The number of hydrogen-bond donors (Lipinski definition) is 2. The van der Waals surface area contributed by atoms with E-state index in [4.69, 9.17) is 0 Å². The molecule has 6 heteroatoms. The smallest absolute Gasteiger partial charge is 0.242 e. The Morgan fingerprint density at radius 3 is 2.40 bits per heavy atom. The maximum atomic E-state index is 12.2. The first-order chi connectivity index (χ1) is 9.27. The van der Waals surface area contributed by atoms with Crippen LogP contribution in [0.3, 0.4) is 0 Å². The van der Waals surface area contributed by atoms with Crippen LogP contribution >= 0.6 is 0 Å². The molecule has 0 fully saturated rings. The molecule has 1 heterocycles. The van der Waals surface area contributed by atoms with Gasteiger partial charge in [-0.25, -0.2) is 13.1 Å². The molecule has 0 aromatic carbocycles. The molecule has 0 aliphatic rings. The van der Waals surface area contributed by atoms with Gasteiger partial charge in [-0.1, -0.05) is 20.8 Å². The fraction of sp³-hybridized carbons (Fsp3) is 0.714. The van der Waals surface area contributed by atoms with Gasteiger partial charge in [-0.3, -0.25) is 0 Å². The van der Waals surface area contributed by atoms with Gasteiger partial charge in [0.1, 0.15) is 0 Å². The zero-order valence-electron chi connectivity index (χ0n) is 13.1. The number of aromatic nitrogens is 1. The van der Waals surface area contributed by atoms with Gasteiger partial charge in [0.15, 0.2) is 0 Å². The normalized spacial score (nSPS) is 12.6. The summed E-state index contributed by atoms with van der Waals surface area (Å²) in [5.74, 6) is 0. The van der Waals surface area contributed by atoms with Crippen molar-refractivity contribution in [3.63, 3.8) is 0 Å². The molecule has 0 aliphatic heterocycles. The summed E-state index contributed by atoms with van der Waals surface area (Å²) in [6.07, 6.45) is 2.51. The highest BCUT2D eigenvalue weighted by atomic mass is 32.2. The van der Waals surface area contributed by atoms with E-state index in [1.807, 2.05) is 11.5 Å². The Hall–Kier alpha value is -0.850. The summed E-state index contributed by atoms with van der Waals surface area (Å²) < 4.78 is 29.0. The Kier molecular flexibility index (Phi) is 6.23. The van der Waals surface area contributed by atoms with Crippen LogP contribution in [0.5, 0.6) is 0 Å². The Morgan fingerprint density at radius 2 is 1.90 bits per heavy atom. The quantitative estimate of drug-likeness (QED) is 0.774. The van der Waals surface area contributed by atoms with Crippen molar-refractivity contribution in [2.75, 3.05) is 6.54 Å². The molecule has 0 atom stereocenters. The van der Waals surface area contributed by atoms with E-state index in [2.05, 4.69) is 37.7 Å². The zero-order chi connectivity index (χ0) is 15.3. The van der Waals surface area contributed by atoms with E-state index in [-0.39, 0.29) is 6.04 Å². The van der Waals surface area contributed by atoms with Crippen molar-refractivity contribution in [3.8, 4) is 0 Å². The average Bonchev–Trinajstić information content (AvgIpc) is 2.79. The first-order valence-electron chi connectivity index (χ1n) is 7.21. The van der Waals surface area contributed by atoms with Crippen LogP contribution < -0.4 is 10.0 Å². The zero-order valence-corrected chi connectivity index (χ0v) is 13.9. The molecule has 5 nitrogen and oxygen atoms in total. The molecule has 2 N–H and O–H groups in total. The lowest BCUT2D eigenvalue weighted by molar-refractivity contribution is 0.525. The first kappa shape index (κ1) is 17.2. The summed E-state index contributed by atoms with van der Waals surface area (Å²) in [5, 5.41) is 3.33. The minimum atomic E-state index is -3.39. The summed E-state index contributed by atoms with van der Waals surface area (Å²) in [5.41, 5.74) is 0.991. The maximum Gasteiger partial charge on any atom is 0.242 e. The molecule has 1 aromatic heterocycles. The van der Waals surface area contributed by atoms with Crippen molar-refractivity contribution in [1.82, 2.24) is 14.6 Å². The molecule has 0 unspecified atom stereocenters. The SMILES string of the molecule is CCCNS(=O)(=O)c1cc(CNC(C)C)n(C(C)C)c1. The van der Waals surface area contributed by atoms with Crippen molar-refractivity contribution >= 4 is 10.0 Å². The molecular weight excluding hydrogens is 274 g/mol. The molecule has 0 spiro atoms. The third kappa shape index (κ3) is 4.61. The van der Waals surface area contributed by atoms with Crippen molar-refractivity contribution in [3.05, 3.63) is 18.0 Å². The molecule has 20 heavy (non-hydrogen) atoms. The predicted molar refractivity (Wildman–Crippen MR) is 82.3 cm³/mol. The lowest BCUT2D eigenvalue weighted by atomic mass is 10.3. The lowest BCUT2D eigenvalue weighted by Gasteiger charge is -2.14. The number of nitrogens with zero attached hydrogens (tertiary/aromatic N) is 1. The number of sulfonamides is 1. The highest BCUT2D eigenvalue weighted by Gasteiger charge is 2.18. The third-order valence-electron chi connectivity index (χ3n) is 3.01. The van der Waals surface area contributed by atoms with Crippen LogP contribution in [0.4, 0.5) is 0 Å². The molecule has 0 aliphatic carbocycles. The molecule has 116 valence electrons. The Labute approximate surface area is 122 Å². The minimum Gasteiger partial charge on any atom is -0.346 e. The van der Waals surface area contributed by atoms with E-state index in [1.54, 1.807) is 12.3 Å². The molecule has 0 amide bonds. The Morgan fingerprint density at radius 1 is 1.25 bits per heavy atom. The Bertz CT molecular complexity index is 519. The Balaban J connectivity index is 3.02. The fourth-order valence-corrected chi connectivity index (χ4v) is 3.08. The molecule has 1 aromatic rings. The summed E-state index contributed by atoms with van der Waals surface area (Å²) in [7, 11) is -3.39. The van der Waals surface area contributed by atoms with E-state index >= 15 is 0 Å². The van der Waals surface area contributed by atoms with Gasteiger partial charge in [0.25, 0.3) is 0 Å². The molecule has 0 bridgehead atoms. The van der Waals surface area contributed by atoms with Gasteiger partial charge in [0.05, 0.1) is 4.90 Å². The van der Waals surface area contributed by atoms with Gasteiger partial charge in [0.2, 0.25) is 10.0 Å². The topological polar surface area (TPSA) is 63.1 Å². The van der Waals surface area contributed by atoms with E-state index in [0.29, 0.717) is 24.0 Å². The summed E-state index contributed by atoms with van der Waals surface area (Å²) in [6, 6.07) is 2.35. The van der Waals surface area contributed by atoms with E-state index in [9.17, 15) is 8.42 Å². The lowest BCUT2D eigenvalue weighted by Crippen LogP contribution is -2.24. The van der Waals surface area contributed by atoms with Crippen molar-refractivity contribution < 1.29 is 8.42 Å². The largest absolute Gasteiger partial charge is 0.346 e. The van der Waals surface area contributed by atoms with Crippen molar-refractivity contribution in [2.45, 2.75) is 64.6 Å². The molecule has 1 rings (SSSR count). The van der Waals surface area contributed by atoms with Gasteiger partial charge in [-0.2, -0.15) is 0 Å². The highest BCUT2D eigenvalue weighted by Crippen LogP contribution is 2.19. The van der Waals surface area contributed by atoms with Gasteiger partial charge in [-0.05, 0) is 26.3 Å². The third-order valence-corrected chi connectivity index (χ3v) is 4.44. The van der Waals surface area contributed by atoms with Crippen molar-refractivity contribution in [1.29, 1.82) is 0 Å². The van der Waals surface area contributed by atoms with Gasteiger partial charge >= 0.3 is 0 Å². The number of rotatable bonds is 8. The summed E-state index contributed by atoms with van der Waals surface area (Å²) in [4.78, 5) is 0.347. The van der Waals surface area contributed by atoms with Gasteiger partial charge < -0.3 is 9.88 Å². The van der Waals surface area contributed by atoms with E-state index in [1.165, 1.54) is 0 Å². The maximum absolute atomic E-state index is 12.2. The molecule has 0 saturated heterocycles. The number of nitrogens with one attached hydrogen (secondary N) is 2. The van der Waals surface area contributed by atoms with Gasteiger partial charge in [-0.15, -0.1) is 0 Å². The second-order valence-corrected chi connectivity index (χ2v) is 7.37. The molecule has 0 saturated carbocycles. The van der Waals surface area contributed by atoms with Crippen LogP contribution in [0.1, 0.15) is 52.8 Å². The fourth-order valence-electron chi connectivity index (χ4n) is 1.89. The minimum absolute atomic E-state index is 0.231. The molecular formula is C14H27N3O2S. The van der Waals surface area contributed by atoms with Crippen molar-refractivity contribution in [2.24, 2.45) is 0 Å². The second kappa shape index (κ2) is 7.24. The second-order valence-electron chi connectivity index (χ2n) is 5.60. The monoisotopic (exact) mass is 301 g/mol. The molecule has 0 radical (unpaired) electrons. The van der Waals surface area contributed by atoms with Crippen LogP contribution in [0.2, 0.25) is 0 Å².